The van der Waals surface area contributed by atoms with Gasteiger partial charge in [0, 0.05) is 0 Å². The zero-order valence-electron chi connectivity index (χ0n) is 28.8. The van der Waals surface area contributed by atoms with Crippen molar-refractivity contribution in [3.05, 3.63) is 113 Å². The van der Waals surface area contributed by atoms with Gasteiger partial charge in [0.25, 0.3) is 0 Å². The van der Waals surface area contributed by atoms with Gasteiger partial charge in [-0.2, -0.15) is 11.6 Å². The van der Waals surface area contributed by atoms with E-state index in [0.29, 0.717) is 11.3 Å². The third kappa shape index (κ3) is 10.7. The van der Waals surface area contributed by atoms with E-state index in [4.69, 9.17) is 0 Å². The number of hydrogen-bond donors (Lipinski definition) is 0. The predicted molar refractivity (Wildman–Crippen MR) is 184 cm³/mol. The summed E-state index contributed by atoms with van der Waals surface area (Å²) >= 11 is 1.46. The van der Waals surface area contributed by atoms with E-state index in [2.05, 4.69) is 159 Å². The third-order valence-electron chi connectivity index (χ3n) is 8.06. The first kappa shape index (κ1) is 40.4. The Labute approximate surface area is 296 Å². The van der Waals surface area contributed by atoms with Crippen LogP contribution in [0.25, 0.3) is 21.5 Å². The van der Waals surface area contributed by atoms with Gasteiger partial charge in [0.1, 0.15) is 0 Å². The molecule has 0 aliphatic heterocycles. The molecule has 0 saturated carbocycles. The third-order valence-corrected chi connectivity index (χ3v) is 8.88. The fraction of sp³-hybridized carbons (Fsp3) is 0.415. The SMILES string of the molecule is CC(C)(C)c1ccc2[cH-]c3ccc(C(C)(C)C)cc3c2c1.CCC1=[C-]C(CC)C=C1C(C)(C)C.[Cl-].[Cl-].[Zr+2]=[CH]c1ccccc1. The molecule has 0 nitrogen and oxygen atoms in total. The van der Waals surface area contributed by atoms with Crippen molar-refractivity contribution in [1.29, 1.82) is 0 Å². The van der Waals surface area contributed by atoms with Crippen molar-refractivity contribution in [3.8, 4) is 0 Å². The van der Waals surface area contributed by atoms with Gasteiger partial charge >= 0.3 is 63.8 Å². The summed E-state index contributed by atoms with van der Waals surface area (Å²) in [5, 5.41) is 5.49. The van der Waals surface area contributed by atoms with Crippen LogP contribution < -0.4 is 24.8 Å². The summed E-state index contributed by atoms with van der Waals surface area (Å²) in [4.78, 5) is 0. The molecule has 0 heterocycles. The summed E-state index contributed by atoms with van der Waals surface area (Å²) in [6.45, 7) is 25.0. The molecule has 0 fully saturated rings. The first-order valence-corrected chi connectivity index (χ1v) is 17.0. The molecule has 5 rings (SSSR count). The van der Waals surface area contributed by atoms with E-state index in [-0.39, 0.29) is 35.6 Å². The van der Waals surface area contributed by atoms with E-state index in [1.54, 1.807) is 0 Å². The Bertz CT molecular complexity index is 1480. The van der Waals surface area contributed by atoms with Crippen molar-refractivity contribution < 1.29 is 49.0 Å². The van der Waals surface area contributed by atoms with Gasteiger partial charge in [-0.3, -0.25) is 6.08 Å². The second-order valence-electron chi connectivity index (χ2n) is 14.6. The summed E-state index contributed by atoms with van der Waals surface area (Å²) < 4.78 is 2.17. The fourth-order valence-corrected chi connectivity index (χ4v) is 5.81. The summed E-state index contributed by atoms with van der Waals surface area (Å²) in [5.41, 5.74) is 7.78. The standard InChI is InChI=1S/C21H25.C13H21.C7H6.2ClH.Zr/c1-20(2,3)16-9-7-14-11-15-8-10-17(21(4,5)6)13-19(15)18(14)12-16;1-6-10-8-11(7-2)12(9-10)13(3,4)5;1-7-5-3-2-4-6-7;;;/h7-13H,1-6H3;9-10H,6-7H2,1-5H3;1-6H;2*1H;/q2*-1;;;;+2/p-2. The van der Waals surface area contributed by atoms with Gasteiger partial charge in [-0.05, 0) is 10.8 Å². The van der Waals surface area contributed by atoms with Crippen molar-refractivity contribution >= 4 is 25.3 Å². The summed E-state index contributed by atoms with van der Waals surface area (Å²) in [6, 6.07) is 26.5. The van der Waals surface area contributed by atoms with Crippen LogP contribution in [0.1, 0.15) is 106 Å². The molecule has 236 valence electrons. The number of allylic oxidation sites excluding steroid dienone is 4. The van der Waals surface area contributed by atoms with Gasteiger partial charge in [-0.1, -0.05) is 136 Å². The molecule has 1 aliphatic carbocycles. The Morgan fingerprint density at radius 3 is 1.50 bits per heavy atom. The minimum absolute atomic E-state index is 0. The molecule has 4 aromatic rings. The Morgan fingerprint density at radius 1 is 0.705 bits per heavy atom. The van der Waals surface area contributed by atoms with E-state index in [9.17, 15) is 0 Å². The van der Waals surface area contributed by atoms with Crippen LogP contribution in [-0.4, -0.2) is 3.71 Å². The maximum atomic E-state index is 3.57. The van der Waals surface area contributed by atoms with Gasteiger partial charge in [0.05, 0.1) is 0 Å². The average Bonchev–Trinajstić information content (AvgIpc) is 3.54. The Balaban J connectivity index is 0.000000361. The van der Waals surface area contributed by atoms with Crippen molar-refractivity contribution in [2.24, 2.45) is 11.3 Å². The molecule has 3 heteroatoms. The fourth-order valence-electron chi connectivity index (χ4n) is 5.34. The quantitative estimate of drug-likeness (QED) is 0.235. The second-order valence-corrected chi connectivity index (χ2v) is 15.3. The summed E-state index contributed by atoms with van der Waals surface area (Å²) in [5.74, 6) is 0.573. The van der Waals surface area contributed by atoms with E-state index in [1.807, 2.05) is 6.07 Å². The van der Waals surface area contributed by atoms with Crippen LogP contribution >= 0.6 is 0 Å². The first-order chi connectivity index (χ1) is 19.6. The van der Waals surface area contributed by atoms with E-state index < -0.39 is 0 Å². The van der Waals surface area contributed by atoms with Crippen LogP contribution in [0.4, 0.5) is 0 Å². The molecule has 0 N–H and O–H groups in total. The van der Waals surface area contributed by atoms with Crippen LogP contribution in [0.2, 0.25) is 0 Å². The van der Waals surface area contributed by atoms with Crippen molar-refractivity contribution in [3.63, 3.8) is 0 Å². The molecule has 1 unspecified atom stereocenters. The maximum absolute atomic E-state index is 3.57. The molecule has 0 aromatic heterocycles. The van der Waals surface area contributed by atoms with E-state index in [1.165, 1.54) is 80.0 Å². The average molecular weight is 707 g/mol. The van der Waals surface area contributed by atoms with Gasteiger partial charge < -0.3 is 24.8 Å². The van der Waals surface area contributed by atoms with Crippen molar-refractivity contribution in [2.45, 2.75) is 99.8 Å². The van der Waals surface area contributed by atoms with Gasteiger partial charge in [-0.25, -0.2) is 5.57 Å². The van der Waals surface area contributed by atoms with Crippen LogP contribution in [-0.2, 0) is 35.1 Å². The van der Waals surface area contributed by atoms with Crippen LogP contribution in [0.15, 0.2) is 90.0 Å². The minimum atomic E-state index is 0. The molecule has 0 bridgehead atoms. The predicted octanol–water partition coefficient (Wildman–Crippen LogP) is 5.84. The zero-order valence-corrected chi connectivity index (χ0v) is 32.8. The molecule has 4 aromatic carbocycles. The molecular formula is C41H52Cl2Zr-2. The zero-order chi connectivity index (χ0) is 31.3. The van der Waals surface area contributed by atoms with Crippen molar-refractivity contribution in [2.75, 3.05) is 0 Å². The Kier molecular flexibility index (Phi) is 15.4. The van der Waals surface area contributed by atoms with Crippen molar-refractivity contribution in [1.82, 2.24) is 0 Å². The molecule has 1 atom stereocenters. The topological polar surface area (TPSA) is 0 Å². The Hall–Kier alpha value is -1.66. The van der Waals surface area contributed by atoms with E-state index >= 15 is 0 Å². The van der Waals surface area contributed by atoms with E-state index in [0.717, 1.165) is 6.42 Å². The number of benzene rings is 3. The monoisotopic (exact) mass is 704 g/mol. The van der Waals surface area contributed by atoms with Crippen LogP contribution in [0.5, 0.6) is 0 Å². The Morgan fingerprint density at radius 2 is 1.18 bits per heavy atom. The number of hydrogen-bond acceptors (Lipinski definition) is 0. The van der Waals surface area contributed by atoms with Crippen LogP contribution in [0.3, 0.4) is 0 Å². The molecule has 0 spiro atoms. The second kappa shape index (κ2) is 16.8. The van der Waals surface area contributed by atoms with Gasteiger partial charge in [0.2, 0.25) is 0 Å². The molecule has 0 saturated heterocycles. The molecule has 0 radical (unpaired) electrons. The number of fused-ring (bicyclic) bond motifs is 3. The summed E-state index contributed by atoms with van der Waals surface area (Å²) in [7, 11) is 0. The van der Waals surface area contributed by atoms with Crippen LogP contribution in [0, 0.1) is 17.4 Å². The van der Waals surface area contributed by atoms with Gasteiger partial charge in [-0.15, -0.1) is 39.7 Å². The molecule has 0 amide bonds. The molecule has 1 aliphatic rings. The summed E-state index contributed by atoms with van der Waals surface area (Å²) in [6.07, 6.45) is 8.28. The first-order valence-electron chi connectivity index (χ1n) is 15.6. The number of rotatable bonds is 3. The molecular weight excluding hydrogens is 655 g/mol. The molecule has 44 heavy (non-hydrogen) atoms. The number of halogens is 2. The normalized spacial score (nSPS) is 14.7. The van der Waals surface area contributed by atoms with Gasteiger partial charge in [0.15, 0.2) is 0 Å².